The summed E-state index contributed by atoms with van der Waals surface area (Å²) in [5, 5.41) is 0. The predicted molar refractivity (Wildman–Crippen MR) is 103 cm³/mol. The first-order chi connectivity index (χ1) is 12.9. The summed E-state index contributed by atoms with van der Waals surface area (Å²) in [6.07, 6.45) is 4.50. The molecule has 0 N–H and O–H groups in total. The molecular formula is C22H26N2O2. The number of oxazole rings is 1. The Morgan fingerprint density at radius 2 is 1.92 bits per heavy atom. The maximum absolute atomic E-state index is 5.95. The molecule has 1 aliphatic rings. The Morgan fingerprint density at radius 1 is 1.08 bits per heavy atom. The van der Waals surface area contributed by atoms with E-state index in [0.717, 1.165) is 55.3 Å². The van der Waals surface area contributed by atoms with E-state index in [2.05, 4.69) is 9.88 Å². The van der Waals surface area contributed by atoms with Crippen molar-refractivity contribution in [1.29, 1.82) is 0 Å². The Balaban J connectivity index is 1.22. The summed E-state index contributed by atoms with van der Waals surface area (Å²) < 4.78 is 11.8. The summed E-state index contributed by atoms with van der Waals surface area (Å²) in [7, 11) is 0. The lowest BCUT2D eigenvalue weighted by Gasteiger charge is -2.32. The topological polar surface area (TPSA) is 38.5 Å². The lowest BCUT2D eigenvalue weighted by Crippen LogP contribution is -2.38. The minimum Gasteiger partial charge on any atom is -0.493 e. The molecule has 0 amide bonds. The molecule has 26 heavy (non-hydrogen) atoms. The van der Waals surface area contributed by atoms with Crippen LogP contribution in [0.2, 0.25) is 0 Å². The maximum Gasteiger partial charge on any atom is 0.195 e. The molecule has 2 aromatic carbocycles. The average molecular weight is 350 g/mol. The molecule has 4 rings (SSSR count). The Hall–Kier alpha value is -2.33. The molecule has 0 aliphatic carbocycles. The molecule has 1 fully saturated rings. The molecule has 2 heterocycles. The number of para-hydroxylation sites is 3. The standard InChI is InChI=1S/C22H26N2O2/c1-2-9-19(10-3-1)25-17-18-8-6-14-24(16-18)15-7-13-22-23-20-11-4-5-12-21(20)26-22/h1-5,9-12,18H,6-8,13-17H2. The fourth-order valence-corrected chi connectivity index (χ4v) is 3.70. The van der Waals surface area contributed by atoms with E-state index < -0.39 is 0 Å². The lowest BCUT2D eigenvalue weighted by molar-refractivity contribution is 0.129. The van der Waals surface area contributed by atoms with Gasteiger partial charge in [-0.05, 0) is 56.6 Å². The lowest BCUT2D eigenvalue weighted by atomic mass is 9.98. The second kappa shape index (κ2) is 8.37. The fraction of sp³-hybridized carbons (Fsp3) is 0.409. The predicted octanol–water partition coefficient (Wildman–Crippen LogP) is 4.55. The SMILES string of the molecule is c1ccc(OCC2CCCN(CCCc3nc4ccccc4o3)C2)cc1. The maximum atomic E-state index is 5.95. The van der Waals surface area contributed by atoms with E-state index in [4.69, 9.17) is 9.15 Å². The van der Waals surface area contributed by atoms with E-state index in [-0.39, 0.29) is 0 Å². The van der Waals surface area contributed by atoms with Crippen LogP contribution in [0.5, 0.6) is 5.75 Å². The summed E-state index contributed by atoms with van der Waals surface area (Å²) in [4.78, 5) is 7.13. The Kier molecular flexibility index (Phi) is 5.50. The molecule has 1 aromatic heterocycles. The van der Waals surface area contributed by atoms with Crippen LogP contribution in [-0.4, -0.2) is 36.1 Å². The Morgan fingerprint density at radius 3 is 2.81 bits per heavy atom. The van der Waals surface area contributed by atoms with E-state index >= 15 is 0 Å². The van der Waals surface area contributed by atoms with E-state index in [1.54, 1.807) is 0 Å². The monoisotopic (exact) mass is 350 g/mol. The number of fused-ring (bicyclic) bond motifs is 1. The van der Waals surface area contributed by atoms with Gasteiger partial charge in [-0.3, -0.25) is 0 Å². The number of benzene rings is 2. The third-order valence-electron chi connectivity index (χ3n) is 5.04. The molecule has 0 bridgehead atoms. The van der Waals surface area contributed by atoms with Crippen molar-refractivity contribution < 1.29 is 9.15 Å². The average Bonchev–Trinajstić information content (AvgIpc) is 3.10. The van der Waals surface area contributed by atoms with Crippen molar-refractivity contribution in [1.82, 2.24) is 9.88 Å². The quantitative estimate of drug-likeness (QED) is 0.626. The zero-order valence-corrected chi connectivity index (χ0v) is 15.1. The number of aryl methyl sites for hydroxylation is 1. The van der Waals surface area contributed by atoms with Gasteiger partial charge in [0.1, 0.15) is 11.3 Å². The first kappa shape index (κ1) is 17.1. The third-order valence-corrected chi connectivity index (χ3v) is 5.04. The highest BCUT2D eigenvalue weighted by molar-refractivity contribution is 5.72. The number of aromatic nitrogens is 1. The normalized spacial score (nSPS) is 18.2. The molecule has 4 heteroatoms. The third kappa shape index (κ3) is 4.44. The van der Waals surface area contributed by atoms with Crippen LogP contribution in [-0.2, 0) is 6.42 Å². The second-order valence-corrected chi connectivity index (χ2v) is 7.11. The molecule has 1 aliphatic heterocycles. The minimum absolute atomic E-state index is 0.619. The highest BCUT2D eigenvalue weighted by Gasteiger charge is 2.20. The van der Waals surface area contributed by atoms with Crippen molar-refractivity contribution in [3.05, 3.63) is 60.5 Å². The highest BCUT2D eigenvalue weighted by Crippen LogP contribution is 2.20. The van der Waals surface area contributed by atoms with Crippen molar-refractivity contribution in [3.63, 3.8) is 0 Å². The number of ether oxygens (including phenoxy) is 1. The van der Waals surface area contributed by atoms with Crippen LogP contribution in [0, 0.1) is 5.92 Å². The van der Waals surface area contributed by atoms with Gasteiger partial charge in [0.15, 0.2) is 11.5 Å². The largest absolute Gasteiger partial charge is 0.493 e. The number of nitrogens with zero attached hydrogens (tertiary/aromatic N) is 2. The van der Waals surface area contributed by atoms with Gasteiger partial charge in [-0.25, -0.2) is 4.98 Å². The van der Waals surface area contributed by atoms with Gasteiger partial charge >= 0.3 is 0 Å². The van der Waals surface area contributed by atoms with Gasteiger partial charge in [-0.15, -0.1) is 0 Å². The first-order valence-electron chi connectivity index (χ1n) is 9.61. The molecule has 1 saturated heterocycles. The minimum atomic E-state index is 0.619. The number of likely N-dealkylation sites (tertiary alicyclic amines) is 1. The molecular weight excluding hydrogens is 324 g/mol. The molecule has 1 unspecified atom stereocenters. The summed E-state index contributed by atoms with van der Waals surface area (Å²) in [6, 6.07) is 18.1. The molecule has 0 spiro atoms. The van der Waals surface area contributed by atoms with Crippen LogP contribution < -0.4 is 4.74 Å². The molecule has 3 aromatic rings. The zero-order chi connectivity index (χ0) is 17.6. The Bertz CT molecular complexity index is 782. The molecule has 0 saturated carbocycles. The van der Waals surface area contributed by atoms with Crippen molar-refractivity contribution in [3.8, 4) is 5.75 Å². The Labute approximate surface area is 154 Å². The fourth-order valence-electron chi connectivity index (χ4n) is 3.70. The summed E-state index contributed by atoms with van der Waals surface area (Å²) in [6.45, 7) is 4.22. The van der Waals surface area contributed by atoms with E-state index in [9.17, 15) is 0 Å². The second-order valence-electron chi connectivity index (χ2n) is 7.11. The van der Waals surface area contributed by atoms with Gasteiger partial charge in [0, 0.05) is 18.9 Å². The van der Waals surface area contributed by atoms with E-state index in [1.807, 2.05) is 54.6 Å². The van der Waals surface area contributed by atoms with Crippen LogP contribution in [0.3, 0.4) is 0 Å². The van der Waals surface area contributed by atoms with Crippen LogP contribution >= 0.6 is 0 Å². The van der Waals surface area contributed by atoms with Gasteiger partial charge in [0.05, 0.1) is 6.61 Å². The number of hydrogen-bond donors (Lipinski definition) is 0. The van der Waals surface area contributed by atoms with Gasteiger partial charge < -0.3 is 14.1 Å². The number of piperidine rings is 1. The van der Waals surface area contributed by atoms with Gasteiger partial charge in [-0.1, -0.05) is 30.3 Å². The number of hydrogen-bond acceptors (Lipinski definition) is 4. The highest BCUT2D eigenvalue weighted by atomic mass is 16.5. The van der Waals surface area contributed by atoms with Crippen LogP contribution in [0.1, 0.15) is 25.2 Å². The smallest absolute Gasteiger partial charge is 0.195 e. The van der Waals surface area contributed by atoms with Crippen LogP contribution in [0.15, 0.2) is 59.0 Å². The summed E-state index contributed by atoms with van der Waals surface area (Å²) in [5.41, 5.74) is 1.84. The van der Waals surface area contributed by atoms with Crippen molar-refractivity contribution in [2.45, 2.75) is 25.7 Å². The van der Waals surface area contributed by atoms with E-state index in [1.165, 1.54) is 19.4 Å². The van der Waals surface area contributed by atoms with Crippen molar-refractivity contribution in [2.24, 2.45) is 5.92 Å². The first-order valence-corrected chi connectivity index (χ1v) is 9.61. The van der Waals surface area contributed by atoms with Gasteiger partial charge in [0.25, 0.3) is 0 Å². The van der Waals surface area contributed by atoms with E-state index in [0.29, 0.717) is 5.92 Å². The van der Waals surface area contributed by atoms with Gasteiger partial charge in [-0.2, -0.15) is 0 Å². The summed E-state index contributed by atoms with van der Waals surface area (Å²) in [5.74, 6) is 2.45. The molecule has 4 nitrogen and oxygen atoms in total. The summed E-state index contributed by atoms with van der Waals surface area (Å²) >= 11 is 0. The molecule has 0 radical (unpaired) electrons. The molecule has 1 atom stereocenters. The number of rotatable bonds is 7. The van der Waals surface area contributed by atoms with Gasteiger partial charge in [0.2, 0.25) is 0 Å². The van der Waals surface area contributed by atoms with Crippen molar-refractivity contribution >= 4 is 11.1 Å². The van der Waals surface area contributed by atoms with Crippen LogP contribution in [0.4, 0.5) is 0 Å². The molecule has 136 valence electrons. The zero-order valence-electron chi connectivity index (χ0n) is 15.1. The van der Waals surface area contributed by atoms with Crippen molar-refractivity contribution in [2.75, 3.05) is 26.2 Å². The van der Waals surface area contributed by atoms with Crippen LogP contribution in [0.25, 0.3) is 11.1 Å².